The molecule has 6 nitrogen and oxygen atoms in total. The van der Waals surface area contributed by atoms with Crippen molar-refractivity contribution in [1.82, 2.24) is 9.80 Å². The normalized spacial score (nSPS) is 18.5. The van der Waals surface area contributed by atoms with E-state index in [4.69, 9.17) is 39.5 Å². The Morgan fingerprint density at radius 2 is 1.54 bits per heavy atom. The van der Waals surface area contributed by atoms with E-state index in [1.165, 1.54) is 0 Å². The number of likely N-dealkylation sites (tertiary alicyclic amines) is 1. The molecule has 214 valence electrons. The first-order valence-corrected chi connectivity index (χ1v) is 14.4. The van der Waals surface area contributed by atoms with Crippen molar-refractivity contribution in [1.29, 1.82) is 0 Å². The molecular formula is C30H40Cl3N3O3. The first kappa shape index (κ1) is 31.4. The van der Waals surface area contributed by atoms with Gasteiger partial charge in [0.05, 0.1) is 16.8 Å². The minimum absolute atomic E-state index is 0. The minimum atomic E-state index is -0.493. The Morgan fingerprint density at radius 1 is 0.897 bits per heavy atom. The van der Waals surface area contributed by atoms with Gasteiger partial charge in [-0.2, -0.15) is 0 Å². The quantitative estimate of drug-likeness (QED) is 0.350. The zero-order chi connectivity index (χ0) is 27.4. The first-order chi connectivity index (χ1) is 18.0. The SMILES string of the molecule is C.CC(C)(C)OC(=O)N1CCC(CCC(=O)N2CCN(c3ccc(Cl)cc3Cl)[C@H](c3ccc(Cl)cc3)C2)CC1. The van der Waals surface area contributed by atoms with E-state index in [-0.39, 0.29) is 25.5 Å². The van der Waals surface area contributed by atoms with Gasteiger partial charge < -0.3 is 19.4 Å². The molecule has 39 heavy (non-hydrogen) atoms. The number of ether oxygens (including phenoxy) is 1. The number of benzene rings is 2. The van der Waals surface area contributed by atoms with Crippen LogP contribution in [0, 0.1) is 5.92 Å². The molecule has 0 N–H and O–H groups in total. The Bertz CT molecular complexity index is 1130. The highest BCUT2D eigenvalue weighted by atomic mass is 35.5. The van der Waals surface area contributed by atoms with Gasteiger partial charge >= 0.3 is 6.09 Å². The van der Waals surface area contributed by atoms with Crippen LogP contribution >= 0.6 is 34.8 Å². The van der Waals surface area contributed by atoms with Gasteiger partial charge in [0.15, 0.2) is 0 Å². The molecule has 2 saturated heterocycles. The number of hydrogen-bond donors (Lipinski definition) is 0. The lowest BCUT2D eigenvalue weighted by Gasteiger charge is -2.43. The van der Waals surface area contributed by atoms with E-state index >= 15 is 0 Å². The van der Waals surface area contributed by atoms with Crippen LogP contribution in [0.2, 0.25) is 15.1 Å². The number of anilines is 1. The summed E-state index contributed by atoms with van der Waals surface area (Å²) in [6.45, 7) is 8.84. The lowest BCUT2D eigenvalue weighted by molar-refractivity contribution is -0.132. The summed E-state index contributed by atoms with van der Waals surface area (Å²) in [5.41, 5.74) is 1.49. The fourth-order valence-electron chi connectivity index (χ4n) is 5.20. The lowest BCUT2D eigenvalue weighted by atomic mass is 9.92. The van der Waals surface area contributed by atoms with Crippen molar-refractivity contribution in [3.8, 4) is 0 Å². The molecule has 2 aliphatic rings. The third kappa shape index (κ3) is 8.42. The van der Waals surface area contributed by atoms with E-state index < -0.39 is 5.60 Å². The van der Waals surface area contributed by atoms with Gasteiger partial charge in [-0.15, -0.1) is 0 Å². The van der Waals surface area contributed by atoms with Crippen LogP contribution in [-0.4, -0.2) is 60.1 Å². The van der Waals surface area contributed by atoms with Crippen LogP contribution in [-0.2, 0) is 9.53 Å². The number of carbonyl (C=O) groups is 2. The second kappa shape index (κ2) is 13.5. The molecule has 2 aromatic rings. The lowest BCUT2D eigenvalue weighted by Crippen LogP contribution is -2.50. The molecule has 0 bridgehead atoms. The number of rotatable bonds is 5. The first-order valence-electron chi connectivity index (χ1n) is 13.2. The van der Waals surface area contributed by atoms with Crippen molar-refractivity contribution in [3.63, 3.8) is 0 Å². The van der Waals surface area contributed by atoms with E-state index in [2.05, 4.69) is 4.90 Å². The third-order valence-corrected chi connectivity index (χ3v) is 8.03. The number of halogens is 3. The summed E-state index contributed by atoms with van der Waals surface area (Å²) in [5, 5.41) is 1.85. The number of piperazine rings is 1. The number of hydrogen-bond acceptors (Lipinski definition) is 4. The highest BCUT2D eigenvalue weighted by molar-refractivity contribution is 6.36. The number of nitrogens with zero attached hydrogens (tertiary/aromatic N) is 3. The maximum Gasteiger partial charge on any atom is 0.410 e. The molecule has 0 unspecified atom stereocenters. The molecule has 0 saturated carbocycles. The summed E-state index contributed by atoms with van der Waals surface area (Å²) in [5.74, 6) is 0.597. The Kier molecular flexibility index (Phi) is 10.8. The second-order valence-electron chi connectivity index (χ2n) is 11.1. The van der Waals surface area contributed by atoms with Gasteiger partial charge in [-0.3, -0.25) is 4.79 Å². The van der Waals surface area contributed by atoms with Crippen molar-refractivity contribution in [3.05, 3.63) is 63.1 Å². The van der Waals surface area contributed by atoms with E-state index in [1.807, 2.05) is 62.1 Å². The van der Waals surface area contributed by atoms with Crippen molar-refractivity contribution in [2.45, 2.75) is 65.5 Å². The zero-order valence-electron chi connectivity index (χ0n) is 22.3. The molecular weight excluding hydrogens is 557 g/mol. The summed E-state index contributed by atoms with van der Waals surface area (Å²) < 4.78 is 5.50. The van der Waals surface area contributed by atoms with Crippen molar-refractivity contribution in [2.24, 2.45) is 5.92 Å². The third-order valence-electron chi connectivity index (χ3n) is 7.24. The molecule has 2 aliphatic heterocycles. The molecule has 0 aromatic heterocycles. The summed E-state index contributed by atoms with van der Waals surface area (Å²) in [7, 11) is 0. The highest BCUT2D eigenvalue weighted by Crippen LogP contribution is 2.37. The molecule has 0 aliphatic carbocycles. The Labute approximate surface area is 248 Å². The maximum atomic E-state index is 13.3. The number of piperidine rings is 1. The van der Waals surface area contributed by atoms with Crippen LogP contribution in [0.25, 0.3) is 0 Å². The maximum absolute atomic E-state index is 13.3. The Morgan fingerprint density at radius 3 is 2.15 bits per heavy atom. The standard InChI is InChI=1S/C29H36Cl3N3O3.CH4/c1-29(2,3)38-28(37)33-14-12-20(13-15-33)4-11-27(36)34-16-17-35(25-10-9-23(31)18-24(25)32)26(19-34)21-5-7-22(30)8-6-21;/h5-10,18,20,26H,4,11-17,19H2,1-3H3;1H4/t26-;/m0./s1. The van der Waals surface area contributed by atoms with Crippen molar-refractivity contribution in [2.75, 3.05) is 37.6 Å². The van der Waals surface area contributed by atoms with Gasteiger partial charge in [-0.1, -0.05) is 54.4 Å². The Hall–Kier alpha value is -2.15. The van der Waals surface area contributed by atoms with Crippen LogP contribution < -0.4 is 4.90 Å². The van der Waals surface area contributed by atoms with Gasteiger partial charge in [0.1, 0.15) is 5.60 Å². The number of carbonyl (C=O) groups excluding carboxylic acids is 2. The fraction of sp³-hybridized carbons (Fsp3) is 0.533. The predicted octanol–water partition coefficient (Wildman–Crippen LogP) is 8.10. The highest BCUT2D eigenvalue weighted by Gasteiger charge is 2.33. The topological polar surface area (TPSA) is 53.1 Å². The summed E-state index contributed by atoms with van der Waals surface area (Å²) >= 11 is 18.9. The van der Waals surface area contributed by atoms with E-state index in [0.29, 0.717) is 60.1 Å². The smallest absolute Gasteiger partial charge is 0.410 e. The van der Waals surface area contributed by atoms with Gasteiger partial charge in [0, 0.05) is 49.2 Å². The van der Waals surface area contributed by atoms with Gasteiger partial charge in [0.25, 0.3) is 0 Å². The van der Waals surface area contributed by atoms with Gasteiger partial charge in [0.2, 0.25) is 5.91 Å². The summed E-state index contributed by atoms with van der Waals surface area (Å²) in [4.78, 5) is 31.7. The van der Waals surface area contributed by atoms with E-state index in [1.54, 1.807) is 11.0 Å². The van der Waals surface area contributed by atoms with Crippen molar-refractivity contribution >= 4 is 52.5 Å². The van der Waals surface area contributed by atoms with Crippen LogP contribution in [0.5, 0.6) is 0 Å². The van der Waals surface area contributed by atoms with Crippen molar-refractivity contribution < 1.29 is 14.3 Å². The summed E-state index contributed by atoms with van der Waals surface area (Å²) in [6, 6.07) is 13.3. The second-order valence-corrected chi connectivity index (χ2v) is 12.4. The average Bonchev–Trinajstić information content (AvgIpc) is 2.87. The fourth-order valence-corrected chi connectivity index (χ4v) is 5.84. The van der Waals surface area contributed by atoms with Gasteiger partial charge in [-0.05, 0) is 81.8 Å². The molecule has 9 heteroatoms. The molecule has 0 spiro atoms. The van der Waals surface area contributed by atoms with Crippen LogP contribution in [0.4, 0.5) is 10.5 Å². The predicted molar refractivity (Wildman–Crippen MR) is 161 cm³/mol. The van der Waals surface area contributed by atoms with Crippen LogP contribution in [0.1, 0.15) is 65.5 Å². The molecule has 4 rings (SSSR count). The van der Waals surface area contributed by atoms with Crippen LogP contribution in [0.3, 0.4) is 0 Å². The molecule has 2 fully saturated rings. The molecule has 2 aromatic carbocycles. The molecule has 2 heterocycles. The molecule has 0 radical (unpaired) electrons. The Balaban J connectivity index is 0.00000420. The monoisotopic (exact) mass is 595 g/mol. The zero-order valence-corrected chi connectivity index (χ0v) is 24.5. The minimum Gasteiger partial charge on any atom is -0.444 e. The summed E-state index contributed by atoms with van der Waals surface area (Å²) in [6.07, 6.45) is 2.87. The van der Waals surface area contributed by atoms with E-state index in [0.717, 1.165) is 30.5 Å². The average molecular weight is 597 g/mol. The van der Waals surface area contributed by atoms with Crippen LogP contribution in [0.15, 0.2) is 42.5 Å². The molecule has 2 amide bonds. The largest absolute Gasteiger partial charge is 0.444 e. The number of amides is 2. The van der Waals surface area contributed by atoms with Gasteiger partial charge in [-0.25, -0.2) is 4.79 Å². The van der Waals surface area contributed by atoms with E-state index in [9.17, 15) is 9.59 Å². The molecule has 1 atom stereocenters.